The molecule has 1 aliphatic rings. The van der Waals surface area contributed by atoms with Gasteiger partial charge in [-0.1, -0.05) is 32.9 Å². The van der Waals surface area contributed by atoms with Crippen molar-refractivity contribution in [2.45, 2.75) is 46.6 Å². The van der Waals surface area contributed by atoms with Crippen LogP contribution in [0.5, 0.6) is 0 Å². The van der Waals surface area contributed by atoms with Crippen molar-refractivity contribution >= 4 is 18.7 Å². The molecule has 0 aliphatic carbocycles. The molecule has 3 heteroatoms. The average Bonchev–Trinajstić information content (AvgIpc) is 2.74. The van der Waals surface area contributed by atoms with E-state index in [2.05, 4.69) is 56.6 Å². The van der Waals surface area contributed by atoms with E-state index in [9.17, 15) is 0 Å². The van der Waals surface area contributed by atoms with Crippen LogP contribution in [0.4, 0.5) is 0 Å². The zero-order valence-electron chi connectivity index (χ0n) is 12.7. The zero-order valence-corrected chi connectivity index (χ0v) is 13.5. The van der Waals surface area contributed by atoms with Gasteiger partial charge in [0.25, 0.3) is 0 Å². The summed E-state index contributed by atoms with van der Waals surface area (Å²) in [6.07, 6.45) is 1.98. The molecule has 19 heavy (non-hydrogen) atoms. The first kappa shape index (κ1) is 16.0. The second kappa shape index (κ2) is 5.96. The molecule has 0 saturated carbocycles. The third-order valence-electron chi connectivity index (χ3n) is 3.68. The number of halogens is 1. The third-order valence-corrected chi connectivity index (χ3v) is 3.68. The minimum Gasteiger partial charge on any atom is -0.357 e. The van der Waals surface area contributed by atoms with Crippen LogP contribution < -0.4 is 0 Å². The van der Waals surface area contributed by atoms with Crippen molar-refractivity contribution in [2.75, 3.05) is 13.1 Å². The van der Waals surface area contributed by atoms with Crippen LogP contribution in [-0.4, -0.2) is 24.3 Å². The van der Waals surface area contributed by atoms with E-state index in [0.717, 1.165) is 19.6 Å². The summed E-state index contributed by atoms with van der Waals surface area (Å²) >= 11 is 0. The number of hydrogen-bond donors (Lipinski definition) is 0. The molecule has 0 amide bonds. The summed E-state index contributed by atoms with van der Waals surface area (Å²) in [7, 11) is 0. The third kappa shape index (κ3) is 3.73. The van der Waals surface area contributed by atoms with Gasteiger partial charge in [0.2, 0.25) is 0 Å². The average molecular weight is 281 g/mol. The molecule has 2 nitrogen and oxygen atoms in total. The summed E-state index contributed by atoms with van der Waals surface area (Å²) in [5.41, 5.74) is 5.91. The molecule has 0 atom stereocenters. The highest BCUT2D eigenvalue weighted by molar-refractivity contribution is 5.85. The van der Waals surface area contributed by atoms with Crippen LogP contribution in [0.15, 0.2) is 17.1 Å². The van der Waals surface area contributed by atoms with E-state index >= 15 is 0 Å². The lowest BCUT2D eigenvalue weighted by atomic mass is 9.84. The van der Waals surface area contributed by atoms with Crippen molar-refractivity contribution in [3.05, 3.63) is 34.4 Å². The fourth-order valence-corrected chi connectivity index (χ4v) is 2.42. The van der Waals surface area contributed by atoms with Crippen molar-refractivity contribution in [1.82, 2.24) is 4.90 Å². The molecular weight excluding hydrogens is 256 g/mol. The Morgan fingerprint density at radius 3 is 2.16 bits per heavy atom. The van der Waals surface area contributed by atoms with Crippen molar-refractivity contribution in [3.8, 4) is 0 Å². The highest BCUT2D eigenvalue weighted by atomic mass is 35.5. The number of hydrogen-bond acceptors (Lipinski definition) is 2. The maximum atomic E-state index is 4.28. The Morgan fingerprint density at radius 1 is 1.16 bits per heavy atom. The predicted molar refractivity (Wildman–Crippen MR) is 85.6 cm³/mol. The van der Waals surface area contributed by atoms with E-state index in [1.54, 1.807) is 0 Å². The smallest absolute Gasteiger partial charge is 0.0854 e. The molecule has 1 aliphatic heterocycles. The summed E-state index contributed by atoms with van der Waals surface area (Å²) in [6, 6.07) is 4.69. The van der Waals surface area contributed by atoms with Crippen LogP contribution in [0.2, 0.25) is 0 Å². The number of aryl methyl sites for hydroxylation is 2. The van der Waals surface area contributed by atoms with Gasteiger partial charge in [-0.15, -0.1) is 12.4 Å². The highest BCUT2D eigenvalue weighted by Crippen LogP contribution is 2.27. The first-order valence-corrected chi connectivity index (χ1v) is 6.72. The normalized spacial score (nSPS) is 14.7. The lowest BCUT2D eigenvalue weighted by Gasteiger charge is -2.24. The van der Waals surface area contributed by atoms with E-state index in [-0.39, 0.29) is 17.8 Å². The van der Waals surface area contributed by atoms with Crippen LogP contribution in [0.3, 0.4) is 0 Å². The van der Waals surface area contributed by atoms with Gasteiger partial charge in [0.1, 0.15) is 0 Å². The molecule has 0 spiro atoms. The van der Waals surface area contributed by atoms with Gasteiger partial charge in [-0.3, -0.25) is 4.99 Å². The molecule has 0 radical (unpaired) electrons. The SMILES string of the molecule is Cc1cc(C(C)(C)C)cc(C)c1CN1C=NCC1.Cl. The minimum absolute atomic E-state index is 0. The van der Waals surface area contributed by atoms with Crippen molar-refractivity contribution in [2.24, 2.45) is 4.99 Å². The molecule has 1 aromatic carbocycles. The zero-order chi connectivity index (χ0) is 13.3. The molecule has 0 aromatic heterocycles. The Kier molecular flexibility index (Phi) is 5.03. The van der Waals surface area contributed by atoms with Crippen LogP contribution in [-0.2, 0) is 12.0 Å². The molecule has 0 saturated heterocycles. The summed E-state index contributed by atoms with van der Waals surface area (Å²) in [5, 5.41) is 0. The van der Waals surface area contributed by atoms with E-state index in [0.29, 0.717) is 0 Å². The predicted octanol–water partition coefficient (Wildman–Crippen LogP) is 3.87. The van der Waals surface area contributed by atoms with Crippen LogP contribution in [0.1, 0.15) is 43.0 Å². The molecule has 2 rings (SSSR count). The van der Waals surface area contributed by atoms with E-state index < -0.39 is 0 Å². The lowest BCUT2D eigenvalue weighted by Crippen LogP contribution is -2.21. The van der Waals surface area contributed by atoms with Crippen molar-refractivity contribution in [3.63, 3.8) is 0 Å². The van der Waals surface area contributed by atoms with Crippen LogP contribution in [0.25, 0.3) is 0 Å². The topological polar surface area (TPSA) is 15.6 Å². The van der Waals surface area contributed by atoms with E-state index in [4.69, 9.17) is 0 Å². The summed E-state index contributed by atoms with van der Waals surface area (Å²) in [5.74, 6) is 0. The van der Waals surface area contributed by atoms with Gasteiger partial charge in [0.05, 0.1) is 12.9 Å². The Hall–Kier alpha value is -1.02. The standard InChI is InChI=1S/C16H24N2.ClH/c1-12-8-14(16(3,4)5)9-13(2)15(12)10-18-7-6-17-11-18;/h8-9,11H,6-7,10H2,1-5H3;1H. The Balaban J connectivity index is 0.00000180. The molecule has 0 unspecified atom stereocenters. The fraction of sp³-hybridized carbons (Fsp3) is 0.562. The number of aliphatic imine (C=N–C) groups is 1. The monoisotopic (exact) mass is 280 g/mol. The second-order valence-corrected chi connectivity index (χ2v) is 6.33. The Bertz CT molecular complexity index is 449. The first-order valence-electron chi connectivity index (χ1n) is 6.72. The molecular formula is C16H25ClN2. The Morgan fingerprint density at radius 2 is 1.74 bits per heavy atom. The maximum Gasteiger partial charge on any atom is 0.0854 e. The van der Waals surface area contributed by atoms with Gasteiger partial charge in [-0.2, -0.15) is 0 Å². The highest BCUT2D eigenvalue weighted by Gasteiger charge is 2.17. The van der Waals surface area contributed by atoms with Gasteiger partial charge in [0.15, 0.2) is 0 Å². The molecule has 106 valence electrons. The van der Waals surface area contributed by atoms with Crippen molar-refractivity contribution < 1.29 is 0 Å². The second-order valence-electron chi connectivity index (χ2n) is 6.33. The minimum atomic E-state index is 0. The van der Waals surface area contributed by atoms with Crippen LogP contribution >= 0.6 is 12.4 Å². The summed E-state index contributed by atoms with van der Waals surface area (Å²) in [4.78, 5) is 6.58. The summed E-state index contributed by atoms with van der Waals surface area (Å²) < 4.78 is 0. The summed E-state index contributed by atoms with van der Waals surface area (Å²) in [6.45, 7) is 14.3. The molecule has 1 aromatic rings. The molecule has 0 N–H and O–H groups in total. The van der Waals surface area contributed by atoms with Crippen LogP contribution in [0, 0.1) is 13.8 Å². The number of rotatable bonds is 2. The number of nitrogens with zero attached hydrogens (tertiary/aromatic N) is 2. The van der Waals surface area contributed by atoms with Gasteiger partial charge < -0.3 is 4.90 Å². The van der Waals surface area contributed by atoms with E-state index in [1.165, 1.54) is 22.3 Å². The number of benzene rings is 1. The van der Waals surface area contributed by atoms with E-state index in [1.807, 2.05) is 6.34 Å². The first-order chi connectivity index (χ1) is 8.38. The van der Waals surface area contributed by atoms with Gasteiger partial charge in [0, 0.05) is 13.1 Å². The lowest BCUT2D eigenvalue weighted by molar-refractivity contribution is 0.460. The molecule has 1 heterocycles. The Labute approximate surface area is 123 Å². The maximum absolute atomic E-state index is 4.28. The largest absolute Gasteiger partial charge is 0.357 e. The quantitative estimate of drug-likeness (QED) is 0.803. The molecule has 0 bridgehead atoms. The van der Waals surface area contributed by atoms with Crippen molar-refractivity contribution in [1.29, 1.82) is 0 Å². The van der Waals surface area contributed by atoms with Gasteiger partial charge in [-0.05, 0) is 41.5 Å². The fourth-order valence-electron chi connectivity index (χ4n) is 2.42. The van der Waals surface area contributed by atoms with Gasteiger partial charge >= 0.3 is 0 Å². The molecule has 0 fully saturated rings. The van der Waals surface area contributed by atoms with Gasteiger partial charge in [-0.25, -0.2) is 0 Å².